The zero-order valence-corrected chi connectivity index (χ0v) is 8.61. The third kappa shape index (κ3) is 1.67. The molecule has 0 fully saturated rings. The van der Waals surface area contributed by atoms with Gasteiger partial charge in [0.05, 0.1) is 10.0 Å². The van der Waals surface area contributed by atoms with Crippen LogP contribution in [0.2, 0.25) is 14.4 Å². The zero-order chi connectivity index (χ0) is 9.30. The normalized spacial score (nSPS) is 10.0. The average molecular weight is 246 g/mol. The van der Waals surface area contributed by atoms with Crippen LogP contribution in [-0.4, -0.2) is 5.91 Å². The topological polar surface area (TPSA) is 55.1 Å². The number of nitrogens with one attached hydrogen (secondary N) is 1. The van der Waals surface area contributed by atoms with Crippen molar-refractivity contribution in [3.05, 3.63) is 19.3 Å². The summed E-state index contributed by atoms with van der Waals surface area (Å²) in [6.07, 6.45) is 0. The molecule has 0 spiro atoms. The Balaban J connectivity index is 3.17. The monoisotopic (exact) mass is 244 g/mol. The van der Waals surface area contributed by atoms with Crippen LogP contribution < -0.4 is 11.3 Å². The SMILES string of the molecule is NNC(=O)c1sc(Cl)c(Cl)c1Cl. The highest BCUT2D eigenvalue weighted by Gasteiger charge is 2.18. The number of hydrogen-bond acceptors (Lipinski definition) is 3. The molecule has 3 nitrogen and oxygen atoms in total. The summed E-state index contributed by atoms with van der Waals surface area (Å²) in [5.41, 5.74) is 1.93. The Morgan fingerprint density at radius 2 is 1.92 bits per heavy atom. The number of carbonyl (C=O) groups excluding carboxylic acids is 1. The number of nitrogens with two attached hydrogens (primary N) is 1. The van der Waals surface area contributed by atoms with Crippen LogP contribution in [0, 0.1) is 0 Å². The molecule has 0 aliphatic rings. The van der Waals surface area contributed by atoms with Crippen molar-refractivity contribution in [3.63, 3.8) is 0 Å². The molecule has 1 amide bonds. The minimum atomic E-state index is -0.501. The molecule has 12 heavy (non-hydrogen) atoms. The lowest BCUT2D eigenvalue weighted by molar-refractivity contribution is 0.0958. The molecule has 0 atom stereocenters. The van der Waals surface area contributed by atoms with E-state index in [1.807, 2.05) is 5.43 Å². The van der Waals surface area contributed by atoms with Crippen LogP contribution in [0.25, 0.3) is 0 Å². The summed E-state index contributed by atoms with van der Waals surface area (Å²) in [5.74, 6) is 4.39. The summed E-state index contributed by atoms with van der Waals surface area (Å²) in [6, 6.07) is 0. The van der Waals surface area contributed by atoms with Gasteiger partial charge in [-0.15, -0.1) is 11.3 Å². The minimum absolute atomic E-state index is 0.134. The van der Waals surface area contributed by atoms with Crippen molar-refractivity contribution in [3.8, 4) is 0 Å². The number of carbonyl (C=O) groups is 1. The van der Waals surface area contributed by atoms with Gasteiger partial charge in [0.1, 0.15) is 9.21 Å². The van der Waals surface area contributed by atoms with Crippen LogP contribution in [0.5, 0.6) is 0 Å². The van der Waals surface area contributed by atoms with Gasteiger partial charge in [-0.25, -0.2) is 5.84 Å². The predicted octanol–water partition coefficient (Wildman–Crippen LogP) is 2.31. The lowest BCUT2D eigenvalue weighted by Gasteiger charge is -1.93. The van der Waals surface area contributed by atoms with Gasteiger partial charge >= 0.3 is 0 Å². The molecule has 7 heteroatoms. The second-order valence-corrected chi connectivity index (χ2v) is 4.18. The zero-order valence-electron chi connectivity index (χ0n) is 5.53. The number of hydrogen-bond donors (Lipinski definition) is 2. The Hall–Kier alpha value is -0.000000000000000167. The Kier molecular flexibility index (Phi) is 3.20. The highest BCUT2D eigenvalue weighted by Crippen LogP contribution is 2.39. The summed E-state index contributed by atoms with van der Waals surface area (Å²) in [5, 5.41) is 0.316. The van der Waals surface area contributed by atoms with Crippen LogP contribution >= 0.6 is 46.1 Å². The van der Waals surface area contributed by atoms with E-state index in [1.54, 1.807) is 0 Å². The number of rotatable bonds is 1. The van der Waals surface area contributed by atoms with E-state index >= 15 is 0 Å². The van der Waals surface area contributed by atoms with E-state index in [-0.39, 0.29) is 19.3 Å². The van der Waals surface area contributed by atoms with Gasteiger partial charge in [-0.1, -0.05) is 34.8 Å². The number of nitrogen functional groups attached to an aromatic ring is 1. The predicted molar refractivity (Wildman–Crippen MR) is 51.0 cm³/mol. The summed E-state index contributed by atoms with van der Waals surface area (Å²) >= 11 is 17.9. The molecule has 1 rings (SSSR count). The standard InChI is InChI=1S/C5H3Cl3N2OS/c6-1-2(7)4(8)12-3(1)5(11)10-9/h9H2,(H,10,11). The third-order valence-corrected chi connectivity index (χ3v) is 3.66. The first-order valence-electron chi connectivity index (χ1n) is 2.72. The molecule has 0 radical (unpaired) electrons. The van der Waals surface area contributed by atoms with E-state index in [9.17, 15) is 4.79 Å². The molecule has 3 N–H and O–H groups in total. The second-order valence-electron chi connectivity index (χ2n) is 1.81. The summed E-state index contributed by atoms with van der Waals surface area (Å²) in [6.45, 7) is 0. The maximum absolute atomic E-state index is 11.0. The van der Waals surface area contributed by atoms with Crippen LogP contribution in [0.3, 0.4) is 0 Å². The fourth-order valence-electron chi connectivity index (χ4n) is 0.577. The summed E-state index contributed by atoms with van der Waals surface area (Å²) in [7, 11) is 0. The molecule has 0 bridgehead atoms. The molecular formula is C5H3Cl3N2OS. The van der Waals surface area contributed by atoms with Gasteiger partial charge in [-0.2, -0.15) is 0 Å². The van der Waals surface area contributed by atoms with E-state index in [1.165, 1.54) is 0 Å². The summed E-state index contributed by atoms with van der Waals surface area (Å²) < 4.78 is 0.278. The highest BCUT2D eigenvalue weighted by atomic mass is 35.5. The van der Waals surface area contributed by atoms with E-state index in [2.05, 4.69) is 0 Å². The van der Waals surface area contributed by atoms with Gasteiger partial charge in [0, 0.05) is 0 Å². The highest BCUT2D eigenvalue weighted by molar-refractivity contribution is 7.19. The van der Waals surface area contributed by atoms with Crippen LogP contribution in [-0.2, 0) is 0 Å². The molecule has 1 heterocycles. The van der Waals surface area contributed by atoms with Gasteiger partial charge in [0.15, 0.2) is 0 Å². The largest absolute Gasteiger partial charge is 0.289 e. The first-order valence-corrected chi connectivity index (χ1v) is 4.67. The molecule has 66 valence electrons. The number of amides is 1. The van der Waals surface area contributed by atoms with E-state index < -0.39 is 5.91 Å². The van der Waals surface area contributed by atoms with E-state index in [0.717, 1.165) is 11.3 Å². The van der Waals surface area contributed by atoms with Gasteiger partial charge in [-0.05, 0) is 0 Å². The van der Waals surface area contributed by atoms with Crippen molar-refractivity contribution in [2.45, 2.75) is 0 Å². The number of halogens is 3. The summed E-state index contributed by atoms with van der Waals surface area (Å²) in [4.78, 5) is 11.2. The molecule has 0 aromatic carbocycles. The molecule has 0 aliphatic carbocycles. The van der Waals surface area contributed by atoms with Crippen molar-refractivity contribution in [1.29, 1.82) is 0 Å². The molecular weight excluding hydrogens is 242 g/mol. The molecule has 1 aromatic rings. The smallest absolute Gasteiger partial charge is 0.276 e. The number of hydrazine groups is 1. The average Bonchev–Trinajstić information content (AvgIpc) is 2.32. The Labute approximate surface area is 87.4 Å². The fraction of sp³-hybridized carbons (Fsp3) is 0. The van der Waals surface area contributed by atoms with E-state index in [4.69, 9.17) is 40.6 Å². The van der Waals surface area contributed by atoms with Crippen LogP contribution in [0.1, 0.15) is 9.67 Å². The lowest BCUT2D eigenvalue weighted by atomic mass is 10.4. The second kappa shape index (κ2) is 3.81. The minimum Gasteiger partial charge on any atom is -0.289 e. The Morgan fingerprint density at radius 1 is 1.33 bits per heavy atom. The Bertz CT molecular complexity index is 325. The fourth-order valence-corrected chi connectivity index (χ4v) is 2.28. The van der Waals surface area contributed by atoms with Crippen molar-refractivity contribution in [2.24, 2.45) is 5.84 Å². The third-order valence-electron chi connectivity index (χ3n) is 1.09. The molecule has 0 aliphatic heterocycles. The maximum atomic E-state index is 11.0. The lowest BCUT2D eigenvalue weighted by Crippen LogP contribution is -2.29. The van der Waals surface area contributed by atoms with Crippen molar-refractivity contribution in [1.82, 2.24) is 5.43 Å². The molecule has 0 saturated carbocycles. The van der Waals surface area contributed by atoms with Gasteiger partial charge in [0.25, 0.3) is 5.91 Å². The van der Waals surface area contributed by atoms with Crippen LogP contribution in [0.15, 0.2) is 0 Å². The first kappa shape index (κ1) is 10.1. The Morgan fingerprint density at radius 3 is 2.25 bits per heavy atom. The van der Waals surface area contributed by atoms with Gasteiger partial charge < -0.3 is 0 Å². The quantitative estimate of drug-likeness (QED) is 0.453. The van der Waals surface area contributed by atoms with Crippen molar-refractivity contribution < 1.29 is 4.79 Å². The molecule has 0 unspecified atom stereocenters. The first-order chi connectivity index (χ1) is 5.57. The van der Waals surface area contributed by atoms with Crippen molar-refractivity contribution >= 4 is 52.0 Å². The maximum Gasteiger partial charge on any atom is 0.276 e. The van der Waals surface area contributed by atoms with Gasteiger partial charge in [0.2, 0.25) is 0 Å². The van der Waals surface area contributed by atoms with Gasteiger partial charge in [-0.3, -0.25) is 10.2 Å². The number of thiophene rings is 1. The molecule has 0 saturated heterocycles. The van der Waals surface area contributed by atoms with E-state index in [0.29, 0.717) is 0 Å². The van der Waals surface area contributed by atoms with Crippen LogP contribution in [0.4, 0.5) is 0 Å². The molecule has 1 aromatic heterocycles. The van der Waals surface area contributed by atoms with Crippen molar-refractivity contribution in [2.75, 3.05) is 0 Å².